The third kappa shape index (κ3) is 2.64. The number of nitrogens with zero attached hydrogens (tertiary/aromatic N) is 2. The van der Waals surface area contributed by atoms with Crippen molar-refractivity contribution >= 4 is 22.5 Å². The molecule has 0 aliphatic rings. The molecule has 0 aliphatic heterocycles. The molecule has 0 fully saturated rings. The van der Waals surface area contributed by atoms with Crippen LogP contribution in [-0.2, 0) is 0 Å². The van der Waals surface area contributed by atoms with Gasteiger partial charge in [0, 0.05) is 23.7 Å². The Labute approximate surface area is 125 Å². The highest BCUT2D eigenvalue weighted by Gasteiger charge is 2.12. The number of hydrogen-bond donors (Lipinski definition) is 2. The van der Waals surface area contributed by atoms with Crippen molar-refractivity contribution < 1.29 is 9.53 Å². The molecule has 2 heterocycles. The van der Waals surface area contributed by atoms with Gasteiger partial charge in [0.2, 0.25) is 0 Å². The molecule has 3 rings (SSSR count). The minimum absolute atomic E-state index is 0.103. The number of pyridine rings is 1. The Morgan fingerprint density at radius 2 is 2.14 bits per heavy atom. The third-order valence-corrected chi connectivity index (χ3v) is 3.07. The van der Waals surface area contributed by atoms with Gasteiger partial charge in [-0.3, -0.25) is 14.6 Å². The molecule has 3 aromatic rings. The van der Waals surface area contributed by atoms with Crippen LogP contribution in [0.3, 0.4) is 0 Å². The van der Waals surface area contributed by atoms with Gasteiger partial charge >= 0.3 is 0 Å². The lowest BCUT2D eigenvalue weighted by molar-refractivity contribution is 0.102. The van der Waals surface area contributed by atoms with Crippen molar-refractivity contribution in [2.45, 2.75) is 0 Å². The fourth-order valence-electron chi connectivity index (χ4n) is 2.04. The maximum absolute atomic E-state index is 12.2. The number of fused-ring (bicyclic) bond motifs is 1. The van der Waals surface area contributed by atoms with Gasteiger partial charge in [-0.15, -0.1) is 0 Å². The minimum Gasteiger partial charge on any atom is -0.497 e. The molecule has 22 heavy (non-hydrogen) atoms. The number of rotatable bonds is 3. The van der Waals surface area contributed by atoms with Crippen molar-refractivity contribution in [2.24, 2.45) is 0 Å². The summed E-state index contributed by atoms with van der Waals surface area (Å²) in [5.41, 5.74) is 0.880. The number of carbonyl (C=O) groups excluding carboxylic acids is 1. The van der Waals surface area contributed by atoms with Gasteiger partial charge in [0.1, 0.15) is 11.4 Å². The van der Waals surface area contributed by atoms with Crippen molar-refractivity contribution in [1.29, 1.82) is 0 Å². The number of H-pyrrole nitrogens is 1. The summed E-state index contributed by atoms with van der Waals surface area (Å²) in [7, 11) is 1.55. The monoisotopic (exact) mass is 296 g/mol. The van der Waals surface area contributed by atoms with Crippen LogP contribution >= 0.6 is 0 Å². The number of anilines is 1. The van der Waals surface area contributed by atoms with Gasteiger partial charge in [0.15, 0.2) is 0 Å². The van der Waals surface area contributed by atoms with E-state index in [4.69, 9.17) is 4.74 Å². The minimum atomic E-state index is -0.448. The van der Waals surface area contributed by atoms with E-state index in [9.17, 15) is 9.59 Å². The van der Waals surface area contributed by atoms with E-state index < -0.39 is 5.91 Å². The van der Waals surface area contributed by atoms with Crippen molar-refractivity contribution in [3.05, 3.63) is 58.6 Å². The Hall–Kier alpha value is -3.22. The first-order valence-corrected chi connectivity index (χ1v) is 6.47. The van der Waals surface area contributed by atoms with E-state index in [1.54, 1.807) is 25.4 Å². The summed E-state index contributed by atoms with van der Waals surface area (Å²) >= 11 is 0. The van der Waals surface area contributed by atoms with Crippen molar-refractivity contribution in [3.63, 3.8) is 0 Å². The van der Waals surface area contributed by atoms with Gasteiger partial charge < -0.3 is 10.1 Å². The first-order valence-electron chi connectivity index (χ1n) is 6.47. The maximum Gasteiger partial charge on any atom is 0.276 e. The maximum atomic E-state index is 12.2. The van der Waals surface area contributed by atoms with Crippen LogP contribution in [-0.4, -0.2) is 28.2 Å². The summed E-state index contributed by atoms with van der Waals surface area (Å²) in [4.78, 5) is 27.5. The molecule has 0 bridgehead atoms. The van der Waals surface area contributed by atoms with E-state index in [2.05, 4.69) is 20.5 Å². The Morgan fingerprint density at radius 3 is 2.86 bits per heavy atom. The second-order valence-electron chi connectivity index (χ2n) is 4.51. The molecule has 0 saturated carbocycles. The van der Waals surface area contributed by atoms with E-state index in [0.29, 0.717) is 17.0 Å². The number of carbonyl (C=O) groups is 1. The topological polar surface area (TPSA) is 97.0 Å². The van der Waals surface area contributed by atoms with Crippen molar-refractivity contribution in [2.75, 3.05) is 12.4 Å². The molecule has 2 aromatic heterocycles. The smallest absolute Gasteiger partial charge is 0.276 e. The van der Waals surface area contributed by atoms with E-state index in [1.165, 1.54) is 12.1 Å². The van der Waals surface area contributed by atoms with Gasteiger partial charge in [-0.1, -0.05) is 6.07 Å². The van der Waals surface area contributed by atoms with Crippen LogP contribution in [0.15, 0.2) is 47.4 Å². The average Bonchev–Trinajstić information content (AvgIpc) is 2.55. The predicted molar refractivity (Wildman–Crippen MR) is 81.1 cm³/mol. The predicted octanol–water partition coefficient (Wildman–Crippen LogP) is 1.58. The zero-order chi connectivity index (χ0) is 15.5. The van der Waals surface area contributed by atoms with Gasteiger partial charge in [-0.2, -0.15) is 5.10 Å². The Bertz CT molecular complexity index is 884. The number of ether oxygens (including phenoxy) is 1. The first-order chi connectivity index (χ1) is 10.7. The van der Waals surface area contributed by atoms with Crippen molar-refractivity contribution in [3.8, 4) is 5.75 Å². The molecule has 1 amide bonds. The lowest BCUT2D eigenvalue weighted by Gasteiger charge is -2.10. The van der Waals surface area contributed by atoms with Crippen molar-refractivity contribution in [1.82, 2.24) is 15.2 Å². The van der Waals surface area contributed by atoms with Gasteiger partial charge in [0.25, 0.3) is 11.5 Å². The zero-order valence-corrected chi connectivity index (χ0v) is 11.7. The normalized spacial score (nSPS) is 10.4. The van der Waals surface area contributed by atoms with Crippen LogP contribution < -0.4 is 15.6 Å². The van der Waals surface area contributed by atoms with E-state index >= 15 is 0 Å². The summed E-state index contributed by atoms with van der Waals surface area (Å²) in [6.45, 7) is 0. The summed E-state index contributed by atoms with van der Waals surface area (Å²) in [6.07, 6.45) is 1.64. The number of nitrogens with one attached hydrogen (secondary N) is 2. The standard InChI is InChI=1S/C15H12N4O3/c1-22-10-7-9-3-2-6-16-14(9)12(8-10)17-15(21)11-4-5-13(20)19-18-11/h2-8H,1H3,(H,17,21)(H,19,20). The lowest BCUT2D eigenvalue weighted by Crippen LogP contribution is -2.17. The molecule has 1 aromatic carbocycles. The molecule has 2 N–H and O–H groups in total. The molecule has 0 aliphatic carbocycles. The second-order valence-corrected chi connectivity index (χ2v) is 4.51. The molecule has 7 heteroatoms. The zero-order valence-electron chi connectivity index (χ0n) is 11.7. The number of aromatic amines is 1. The fourth-order valence-corrected chi connectivity index (χ4v) is 2.04. The van der Waals surface area contributed by atoms with Crippen LogP contribution in [0.25, 0.3) is 10.9 Å². The quantitative estimate of drug-likeness (QED) is 0.764. The number of amides is 1. The average molecular weight is 296 g/mol. The van der Waals surface area contributed by atoms with E-state index in [1.807, 2.05) is 12.1 Å². The van der Waals surface area contributed by atoms with Crippen LogP contribution in [0, 0.1) is 0 Å². The van der Waals surface area contributed by atoms with Crippen LogP contribution in [0.5, 0.6) is 5.75 Å². The first kappa shape index (κ1) is 13.7. The summed E-state index contributed by atoms with van der Waals surface area (Å²) < 4.78 is 5.22. The highest BCUT2D eigenvalue weighted by atomic mass is 16.5. The van der Waals surface area contributed by atoms with Gasteiger partial charge in [0.05, 0.1) is 18.3 Å². The van der Waals surface area contributed by atoms with Crippen LogP contribution in [0.4, 0.5) is 5.69 Å². The SMILES string of the molecule is COc1cc(NC(=O)c2ccc(=O)[nH]n2)c2ncccc2c1. The van der Waals surface area contributed by atoms with Gasteiger partial charge in [-0.05, 0) is 18.2 Å². The Kier molecular flexibility index (Phi) is 3.53. The second kappa shape index (κ2) is 5.65. The highest BCUT2D eigenvalue weighted by Crippen LogP contribution is 2.27. The molecule has 0 radical (unpaired) electrons. The van der Waals surface area contributed by atoms with Crippen LogP contribution in [0.2, 0.25) is 0 Å². The third-order valence-electron chi connectivity index (χ3n) is 3.07. The van der Waals surface area contributed by atoms with E-state index in [-0.39, 0.29) is 11.3 Å². The molecule has 0 spiro atoms. The number of hydrogen-bond acceptors (Lipinski definition) is 5. The summed E-state index contributed by atoms with van der Waals surface area (Å²) in [5, 5.41) is 9.48. The number of benzene rings is 1. The Balaban J connectivity index is 2.00. The fraction of sp³-hybridized carbons (Fsp3) is 0.0667. The van der Waals surface area contributed by atoms with E-state index in [0.717, 1.165) is 5.39 Å². The van der Waals surface area contributed by atoms with Crippen LogP contribution in [0.1, 0.15) is 10.5 Å². The summed E-state index contributed by atoms with van der Waals surface area (Å²) in [6, 6.07) is 9.78. The molecule has 0 atom stereocenters. The molecule has 0 unspecified atom stereocenters. The van der Waals surface area contributed by atoms with Gasteiger partial charge in [-0.25, -0.2) is 5.10 Å². The molecule has 0 saturated heterocycles. The lowest BCUT2D eigenvalue weighted by atomic mass is 10.1. The molecular weight excluding hydrogens is 284 g/mol. The number of aromatic nitrogens is 3. The Morgan fingerprint density at radius 1 is 1.27 bits per heavy atom. The highest BCUT2D eigenvalue weighted by molar-refractivity contribution is 6.07. The molecular formula is C15H12N4O3. The molecule has 110 valence electrons. The summed E-state index contributed by atoms with van der Waals surface area (Å²) in [5.74, 6) is 0.154. The number of methoxy groups -OCH3 is 1. The molecule has 7 nitrogen and oxygen atoms in total. The largest absolute Gasteiger partial charge is 0.497 e.